The minimum atomic E-state index is -0.335. The van der Waals surface area contributed by atoms with Gasteiger partial charge in [-0.25, -0.2) is 0 Å². The molecule has 8 heteroatoms. The highest BCUT2D eigenvalue weighted by molar-refractivity contribution is 8.18. The molecule has 1 N–H and O–H groups in total. The summed E-state index contributed by atoms with van der Waals surface area (Å²) in [5.74, 6) is 0.171. The summed E-state index contributed by atoms with van der Waals surface area (Å²) in [4.78, 5) is 39.3. The molecule has 0 aromatic heterocycles. The molecule has 184 valence electrons. The van der Waals surface area contributed by atoms with E-state index >= 15 is 0 Å². The van der Waals surface area contributed by atoms with Gasteiger partial charge in [-0.2, -0.15) is 0 Å². The smallest absolute Gasteiger partial charge is 0.293 e. The predicted molar refractivity (Wildman–Crippen MR) is 141 cm³/mol. The molecular weight excluding hydrogens is 476 g/mol. The van der Waals surface area contributed by atoms with Gasteiger partial charge in [0.2, 0.25) is 0 Å². The summed E-state index contributed by atoms with van der Waals surface area (Å²) in [7, 11) is 1.50. The van der Waals surface area contributed by atoms with Crippen molar-refractivity contribution >= 4 is 40.6 Å². The molecule has 4 rings (SSSR count). The summed E-state index contributed by atoms with van der Waals surface area (Å²) in [6.07, 6.45) is 1.65. The van der Waals surface area contributed by atoms with E-state index in [1.807, 2.05) is 62.4 Å². The first-order chi connectivity index (χ1) is 17.3. The minimum Gasteiger partial charge on any atom is -0.493 e. The lowest BCUT2D eigenvalue weighted by atomic mass is 10.1. The molecule has 0 bridgehead atoms. The summed E-state index contributed by atoms with van der Waals surface area (Å²) >= 11 is 0.907. The number of carbonyl (C=O) groups is 3. The largest absolute Gasteiger partial charge is 0.493 e. The molecule has 0 atom stereocenters. The van der Waals surface area contributed by atoms with Crippen LogP contribution >= 0.6 is 11.8 Å². The normalized spacial score (nSPS) is 14.3. The van der Waals surface area contributed by atoms with Crippen LogP contribution in [0.2, 0.25) is 0 Å². The number of aryl methyl sites for hydroxylation is 2. The monoisotopic (exact) mass is 502 g/mol. The number of nitrogens with one attached hydrogen (secondary N) is 1. The zero-order chi connectivity index (χ0) is 25.7. The van der Waals surface area contributed by atoms with Crippen molar-refractivity contribution in [2.45, 2.75) is 20.4 Å². The van der Waals surface area contributed by atoms with E-state index < -0.39 is 0 Å². The maximum absolute atomic E-state index is 12.9. The molecule has 1 fully saturated rings. The highest BCUT2D eigenvalue weighted by Crippen LogP contribution is 2.35. The quantitative estimate of drug-likeness (QED) is 0.406. The Morgan fingerprint density at radius 2 is 1.81 bits per heavy atom. The Balaban J connectivity index is 1.42. The van der Waals surface area contributed by atoms with Crippen molar-refractivity contribution in [1.82, 2.24) is 4.90 Å². The van der Waals surface area contributed by atoms with E-state index in [1.165, 1.54) is 12.0 Å². The number of carbonyl (C=O) groups excluding carboxylic acids is 3. The lowest BCUT2D eigenvalue weighted by Gasteiger charge is -2.13. The first-order valence-corrected chi connectivity index (χ1v) is 12.1. The number of ether oxygens (including phenoxy) is 2. The molecule has 1 heterocycles. The van der Waals surface area contributed by atoms with Crippen molar-refractivity contribution < 1.29 is 23.9 Å². The second kappa shape index (κ2) is 11.1. The van der Waals surface area contributed by atoms with Crippen LogP contribution in [0.1, 0.15) is 22.3 Å². The topological polar surface area (TPSA) is 84.9 Å². The van der Waals surface area contributed by atoms with Gasteiger partial charge in [-0.1, -0.05) is 54.1 Å². The van der Waals surface area contributed by atoms with Gasteiger partial charge in [-0.3, -0.25) is 19.3 Å². The Labute approximate surface area is 214 Å². The number of thioether (sulfide) groups is 1. The number of methoxy groups -OCH3 is 1. The molecule has 0 spiro atoms. The second-order valence-electron chi connectivity index (χ2n) is 8.32. The number of para-hydroxylation sites is 1. The van der Waals surface area contributed by atoms with E-state index in [0.717, 1.165) is 34.1 Å². The molecule has 36 heavy (non-hydrogen) atoms. The molecule has 0 saturated carbocycles. The standard InChI is InChI=1S/C28H26N2O5S/c1-18-7-6-9-21(13-18)16-30-27(32)25(36-28(30)33)15-20-11-12-23(24(14-20)34-3)35-17-26(31)29-22-10-5-4-8-19(22)2/h4-15H,16-17H2,1-3H3,(H,29,31)/b25-15-. The summed E-state index contributed by atoms with van der Waals surface area (Å²) in [6.45, 7) is 3.91. The van der Waals surface area contributed by atoms with Crippen molar-refractivity contribution in [2.75, 3.05) is 19.0 Å². The van der Waals surface area contributed by atoms with Crippen LogP contribution in [0.5, 0.6) is 11.5 Å². The van der Waals surface area contributed by atoms with E-state index in [-0.39, 0.29) is 30.2 Å². The fourth-order valence-corrected chi connectivity index (χ4v) is 4.55. The maximum Gasteiger partial charge on any atom is 0.293 e. The van der Waals surface area contributed by atoms with Crippen molar-refractivity contribution in [2.24, 2.45) is 0 Å². The van der Waals surface area contributed by atoms with E-state index in [0.29, 0.717) is 22.0 Å². The Bertz CT molecular complexity index is 1350. The molecule has 1 saturated heterocycles. The van der Waals surface area contributed by atoms with Crippen LogP contribution in [0.25, 0.3) is 6.08 Å². The van der Waals surface area contributed by atoms with Gasteiger partial charge in [-0.15, -0.1) is 0 Å². The van der Waals surface area contributed by atoms with Crippen LogP contribution in [0, 0.1) is 13.8 Å². The third-order valence-corrected chi connectivity index (χ3v) is 6.47. The third kappa shape index (κ3) is 5.95. The summed E-state index contributed by atoms with van der Waals surface area (Å²) in [5, 5.41) is 2.51. The Morgan fingerprint density at radius 3 is 2.56 bits per heavy atom. The number of hydrogen-bond acceptors (Lipinski definition) is 6. The number of hydrogen-bond donors (Lipinski definition) is 1. The molecular formula is C28H26N2O5S. The second-order valence-corrected chi connectivity index (χ2v) is 9.31. The first-order valence-electron chi connectivity index (χ1n) is 11.3. The van der Waals surface area contributed by atoms with Crippen molar-refractivity contribution in [3.8, 4) is 11.5 Å². The summed E-state index contributed by atoms with van der Waals surface area (Å²) in [6, 6.07) is 20.3. The number of rotatable bonds is 8. The number of amides is 3. The molecule has 7 nitrogen and oxygen atoms in total. The molecule has 0 radical (unpaired) electrons. The van der Waals surface area contributed by atoms with Gasteiger partial charge in [-0.05, 0) is 66.6 Å². The van der Waals surface area contributed by atoms with Crippen LogP contribution < -0.4 is 14.8 Å². The van der Waals surface area contributed by atoms with Gasteiger partial charge in [0.15, 0.2) is 18.1 Å². The van der Waals surface area contributed by atoms with Crippen LogP contribution in [-0.2, 0) is 16.1 Å². The fourth-order valence-electron chi connectivity index (χ4n) is 3.72. The number of benzene rings is 3. The lowest BCUT2D eigenvalue weighted by molar-refractivity contribution is -0.123. The van der Waals surface area contributed by atoms with Gasteiger partial charge < -0.3 is 14.8 Å². The SMILES string of the molecule is COc1cc(/C=C2\SC(=O)N(Cc3cccc(C)c3)C2=O)ccc1OCC(=O)Nc1ccccc1C. The lowest BCUT2D eigenvalue weighted by Crippen LogP contribution is -2.27. The number of nitrogens with zero attached hydrogens (tertiary/aromatic N) is 1. The molecule has 1 aliphatic heterocycles. The zero-order valence-corrected chi connectivity index (χ0v) is 21.1. The van der Waals surface area contributed by atoms with Gasteiger partial charge >= 0.3 is 0 Å². The van der Waals surface area contributed by atoms with Crippen LogP contribution in [0.3, 0.4) is 0 Å². The molecule has 1 aliphatic rings. The minimum absolute atomic E-state index is 0.193. The molecule has 3 aromatic rings. The van der Waals surface area contributed by atoms with Crippen LogP contribution in [-0.4, -0.2) is 35.7 Å². The van der Waals surface area contributed by atoms with E-state index in [1.54, 1.807) is 24.3 Å². The highest BCUT2D eigenvalue weighted by Gasteiger charge is 2.35. The van der Waals surface area contributed by atoms with Crippen LogP contribution in [0.4, 0.5) is 10.5 Å². The summed E-state index contributed by atoms with van der Waals surface area (Å²) < 4.78 is 11.1. The van der Waals surface area contributed by atoms with Crippen molar-refractivity contribution in [3.05, 3.63) is 93.9 Å². The Kier molecular flexibility index (Phi) is 7.75. The molecule has 0 aliphatic carbocycles. The van der Waals surface area contributed by atoms with Gasteiger partial charge in [0.05, 0.1) is 18.6 Å². The van der Waals surface area contributed by atoms with Gasteiger partial charge in [0, 0.05) is 5.69 Å². The van der Waals surface area contributed by atoms with E-state index in [2.05, 4.69) is 5.32 Å². The van der Waals surface area contributed by atoms with Crippen LogP contribution in [0.15, 0.2) is 71.6 Å². The van der Waals surface area contributed by atoms with Crippen molar-refractivity contribution in [1.29, 1.82) is 0 Å². The van der Waals surface area contributed by atoms with Gasteiger partial charge in [0.1, 0.15) is 0 Å². The highest BCUT2D eigenvalue weighted by atomic mass is 32.2. The number of anilines is 1. The first kappa shape index (κ1) is 25.1. The third-order valence-electron chi connectivity index (χ3n) is 5.56. The average Bonchev–Trinajstić information content (AvgIpc) is 3.12. The molecule has 3 amide bonds. The number of imide groups is 1. The Morgan fingerprint density at radius 1 is 1.00 bits per heavy atom. The van der Waals surface area contributed by atoms with Crippen molar-refractivity contribution in [3.63, 3.8) is 0 Å². The Hall–Kier alpha value is -4.04. The zero-order valence-electron chi connectivity index (χ0n) is 20.2. The average molecular weight is 503 g/mol. The molecule has 3 aromatic carbocycles. The fraction of sp³-hybridized carbons (Fsp3) is 0.179. The predicted octanol–water partition coefficient (Wildman–Crippen LogP) is 5.57. The van der Waals surface area contributed by atoms with E-state index in [9.17, 15) is 14.4 Å². The maximum atomic E-state index is 12.9. The van der Waals surface area contributed by atoms with Gasteiger partial charge in [0.25, 0.3) is 17.1 Å². The van der Waals surface area contributed by atoms with E-state index in [4.69, 9.17) is 9.47 Å². The summed E-state index contributed by atoms with van der Waals surface area (Å²) in [5.41, 5.74) is 4.32. The molecule has 0 unspecified atom stereocenters.